The molecule has 30 heavy (non-hydrogen) atoms. The molecule has 0 aliphatic heterocycles. The van der Waals surface area contributed by atoms with Crippen molar-refractivity contribution < 1.29 is 13.9 Å². The van der Waals surface area contributed by atoms with Gasteiger partial charge in [-0.2, -0.15) is 5.10 Å². The highest BCUT2D eigenvalue weighted by Crippen LogP contribution is 2.39. The highest BCUT2D eigenvalue weighted by Gasteiger charge is 2.41. The van der Waals surface area contributed by atoms with E-state index >= 15 is 0 Å². The topological polar surface area (TPSA) is 80.0 Å². The average Bonchev–Trinajstić information content (AvgIpc) is 3.34. The Morgan fingerprint density at radius 3 is 2.53 bits per heavy atom. The lowest BCUT2D eigenvalue weighted by atomic mass is 10.0. The summed E-state index contributed by atoms with van der Waals surface area (Å²) in [6.07, 6.45) is 8.11. The maximum absolute atomic E-state index is 14.7. The standard InChI is InChI=1S/C21H22F2N6O/c1-28-11-12(9-25-28)14-8-19(30)15(7-17(14)23)21-24-10-20(26-27-21)29(13-5-6-13)18-4-2-3-16(18)22/h7-11,13,16,18,30H,2-6H2,1H3. The molecule has 0 bridgehead atoms. The van der Waals surface area contributed by atoms with Crippen molar-refractivity contribution in [1.82, 2.24) is 25.0 Å². The third-order valence-electron chi connectivity index (χ3n) is 5.85. The molecular weight excluding hydrogens is 390 g/mol. The summed E-state index contributed by atoms with van der Waals surface area (Å²) in [7, 11) is 1.73. The second-order valence-electron chi connectivity index (χ2n) is 8.04. The lowest BCUT2D eigenvalue weighted by Gasteiger charge is -2.30. The number of rotatable bonds is 5. The van der Waals surface area contributed by atoms with Crippen LogP contribution in [0.4, 0.5) is 14.6 Å². The van der Waals surface area contributed by atoms with Crippen LogP contribution >= 0.6 is 0 Å². The minimum absolute atomic E-state index is 0.117. The Balaban J connectivity index is 1.44. The molecule has 3 aromatic rings. The number of nitrogens with zero attached hydrogens (tertiary/aromatic N) is 6. The van der Waals surface area contributed by atoms with Crippen LogP contribution in [-0.4, -0.2) is 48.3 Å². The number of phenolic OH excluding ortho intramolecular Hbond substituents is 1. The average molecular weight is 412 g/mol. The Kier molecular flexibility index (Phi) is 4.60. The molecule has 2 aliphatic carbocycles. The van der Waals surface area contributed by atoms with E-state index in [0.29, 0.717) is 17.8 Å². The summed E-state index contributed by atoms with van der Waals surface area (Å²) < 4.78 is 30.6. The molecule has 2 aliphatic rings. The molecule has 1 aromatic carbocycles. The molecule has 0 spiro atoms. The van der Waals surface area contributed by atoms with E-state index in [0.717, 1.165) is 25.7 Å². The van der Waals surface area contributed by atoms with Gasteiger partial charge in [0.05, 0.1) is 24.0 Å². The Bertz CT molecular complexity index is 1070. The number of aryl methyl sites for hydroxylation is 1. The predicted molar refractivity (Wildman–Crippen MR) is 107 cm³/mol. The van der Waals surface area contributed by atoms with Crippen LogP contribution in [0.5, 0.6) is 5.75 Å². The fourth-order valence-electron chi connectivity index (χ4n) is 4.22. The quantitative estimate of drug-likeness (QED) is 0.689. The largest absolute Gasteiger partial charge is 0.507 e. The molecule has 5 rings (SSSR count). The number of anilines is 1. The molecule has 7 nitrogen and oxygen atoms in total. The second-order valence-corrected chi connectivity index (χ2v) is 8.04. The van der Waals surface area contributed by atoms with Gasteiger partial charge in [-0.3, -0.25) is 4.68 Å². The maximum Gasteiger partial charge on any atom is 0.185 e. The highest BCUT2D eigenvalue weighted by atomic mass is 19.1. The number of benzene rings is 1. The van der Waals surface area contributed by atoms with Crippen LogP contribution in [0.25, 0.3) is 22.5 Å². The number of phenols is 1. The van der Waals surface area contributed by atoms with Crippen LogP contribution in [0.2, 0.25) is 0 Å². The van der Waals surface area contributed by atoms with E-state index in [1.807, 2.05) is 4.90 Å². The normalized spacial score (nSPS) is 21.2. The fraction of sp³-hybridized carbons (Fsp3) is 0.429. The van der Waals surface area contributed by atoms with Crippen molar-refractivity contribution in [3.8, 4) is 28.3 Å². The first-order valence-corrected chi connectivity index (χ1v) is 10.2. The Morgan fingerprint density at radius 1 is 1.10 bits per heavy atom. The molecule has 2 unspecified atom stereocenters. The van der Waals surface area contributed by atoms with Crippen LogP contribution in [0.3, 0.4) is 0 Å². The number of halogens is 2. The Morgan fingerprint density at radius 2 is 1.93 bits per heavy atom. The summed E-state index contributed by atoms with van der Waals surface area (Å²) >= 11 is 0. The molecule has 2 aromatic heterocycles. The van der Waals surface area contributed by atoms with Gasteiger partial charge in [0, 0.05) is 30.4 Å². The number of alkyl halides is 1. The summed E-state index contributed by atoms with van der Waals surface area (Å²) in [6.45, 7) is 0. The van der Waals surface area contributed by atoms with E-state index in [1.165, 1.54) is 24.5 Å². The van der Waals surface area contributed by atoms with Crippen LogP contribution in [0, 0.1) is 5.82 Å². The molecule has 9 heteroatoms. The zero-order valence-corrected chi connectivity index (χ0v) is 16.5. The summed E-state index contributed by atoms with van der Waals surface area (Å²) in [6, 6.07) is 2.62. The highest BCUT2D eigenvalue weighted by molar-refractivity contribution is 5.73. The van der Waals surface area contributed by atoms with E-state index in [9.17, 15) is 13.9 Å². The van der Waals surface area contributed by atoms with Crippen molar-refractivity contribution in [1.29, 1.82) is 0 Å². The van der Waals surface area contributed by atoms with Crippen molar-refractivity contribution >= 4 is 5.82 Å². The van der Waals surface area contributed by atoms with Crippen molar-refractivity contribution in [2.75, 3.05) is 4.90 Å². The molecule has 1 N–H and O–H groups in total. The third-order valence-corrected chi connectivity index (χ3v) is 5.85. The molecule has 2 fully saturated rings. The van der Waals surface area contributed by atoms with E-state index in [1.54, 1.807) is 17.9 Å². The van der Waals surface area contributed by atoms with E-state index in [4.69, 9.17) is 0 Å². The van der Waals surface area contributed by atoms with Gasteiger partial charge >= 0.3 is 0 Å². The van der Waals surface area contributed by atoms with Crippen LogP contribution in [0.15, 0.2) is 30.7 Å². The lowest BCUT2D eigenvalue weighted by molar-refractivity contribution is 0.299. The van der Waals surface area contributed by atoms with Crippen molar-refractivity contribution in [3.63, 3.8) is 0 Å². The second kappa shape index (κ2) is 7.30. The van der Waals surface area contributed by atoms with E-state index in [2.05, 4.69) is 20.3 Å². The van der Waals surface area contributed by atoms with Gasteiger partial charge in [0.15, 0.2) is 11.6 Å². The smallest absolute Gasteiger partial charge is 0.185 e. The molecule has 2 atom stereocenters. The van der Waals surface area contributed by atoms with Crippen LogP contribution in [0.1, 0.15) is 32.1 Å². The van der Waals surface area contributed by atoms with Gasteiger partial charge in [0.25, 0.3) is 0 Å². The minimum atomic E-state index is -0.870. The number of hydrogen-bond donors (Lipinski definition) is 1. The summed E-state index contributed by atoms with van der Waals surface area (Å²) in [5.74, 6) is -0.0210. The molecule has 0 amide bonds. The molecule has 2 heterocycles. The van der Waals surface area contributed by atoms with Crippen molar-refractivity contribution in [2.24, 2.45) is 7.05 Å². The summed E-state index contributed by atoms with van der Waals surface area (Å²) in [4.78, 5) is 6.31. The van der Waals surface area contributed by atoms with Gasteiger partial charge in [-0.1, -0.05) is 0 Å². The van der Waals surface area contributed by atoms with Gasteiger partial charge in [-0.25, -0.2) is 13.8 Å². The van der Waals surface area contributed by atoms with Gasteiger partial charge in [0.1, 0.15) is 17.7 Å². The Labute approximate surface area is 172 Å². The lowest BCUT2D eigenvalue weighted by Crippen LogP contribution is -2.41. The number of hydrogen-bond acceptors (Lipinski definition) is 6. The predicted octanol–water partition coefficient (Wildman–Crippen LogP) is 3.64. The monoisotopic (exact) mass is 412 g/mol. The fourth-order valence-corrected chi connectivity index (χ4v) is 4.22. The zero-order valence-electron chi connectivity index (χ0n) is 16.5. The molecular formula is C21H22F2N6O. The molecule has 156 valence electrons. The van der Waals surface area contributed by atoms with E-state index in [-0.39, 0.29) is 34.8 Å². The first kappa shape index (κ1) is 18.9. The Hall–Kier alpha value is -3.10. The number of aromatic hydroxyl groups is 1. The van der Waals surface area contributed by atoms with Gasteiger partial charge in [-0.05, 0) is 44.2 Å². The molecule has 0 radical (unpaired) electrons. The SMILES string of the molecule is Cn1cc(-c2cc(O)c(-c3ncc(N(C4CC4)C4CCCC4F)nn3)cc2F)cn1. The van der Waals surface area contributed by atoms with Crippen LogP contribution < -0.4 is 4.90 Å². The number of aromatic nitrogens is 5. The van der Waals surface area contributed by atoms with Crippen molar-refractivity contribution in [2.45, 2.75) is 50.4 Å². The summed E-state index contributed by atoms with van der Waals surface area (Å²) in [5.41, 5.74) is 0.953. The van der Waals surface area contributed by atoms with Gasteiger partial charge < -0.3 is 10.0 Å². The maximum atomic E-state index is 14.7. The summed E-state index contributed by atoms with van der Waals surface area (Å²) in [5, 5.41) is 22.9. The van der Waals surface area contributed by atoms with E-state index < -0.39 is 12.0 Å². The van der Waals surface area contributed by atoms with Crippen molar-refractivity contribution in [3.05, 3.63) is 36.5 Å². The van der Waals surface area contributed by atoms with Gasteiger partial charge in [0.2, 0.25) is 0 Å². The van der Waals surface area contributed by atoms with Gasteiger partial charge in [-0.15, -0.1) is 10.2 Å². The first-order chi connectivity index (χ1) is 14.5. The zero-order chi connectivity index (χ0) is 20.8. The van der Waals surface area contributed by atoms with Crippen LogP contribution in [-0.2, 0) is 7.05 Å². The first-order valence-electron chi connectivity index (χ1n) is 10.2. The molecule has 0 saturated heterocycles. The third kappa shape index (κ3) is 3.38. The minimum Gasteiger partial charge on any atom is -0.507 e. The molecule has 2 saturated carbocycles.